The highest BCUT2D eigenvalue weighted by molar-refractivity contribution is 6.88. The largest absolute Gasteiger partial charge is 0.460 e. The second-order valence-electron chi connectivity index (χ2n) is 10.7. The summed E-state index contributed by atoms with van der Waals surface area (Å²) in [5, 5.41) is 0.650. The quantitative estimate of drug-likeness (QED) is 0.378. The molecule has 1 aliphatic rings. The molecule has 2 rings (SSSR count). The Morgan fingerprint density at radius 3 is 2.44 bits per heavy atom. The number of aryl methyl sites for hydroxylation is 1. The molecule has 2 N–H and O–H groups in total. The van der Waals surface area contributed by atoms with Gasteiger partial charge in [-0.05, 0) is 24.3 Å². The number of carbonyl (C=O) groups is 3. The second-order valence-corrected chi connectivity index (χ2v) is 15.6. The maximum atomic E-state index is 13.4. The summed E-state index contributed by atoms with van der Waals surface area (Å²) in [6, 6.07) is -0.675. The highest BCUT2D eigenvalue weighted by Crippen LogP contribution is 2.31. The van der Waals surface area contributed by atoms with E-state index in [2.05, 4.69) is 24.6 Å². The van der Waals surface area contributed by atoms with Crippen LogP contribution in [0.5, 0.6) is 0 Å². The van der Waals surface area contributed by atoms with E-state index in [4.69, 9.17) is 14.9 Å². The van der Waals surface area contributed by atoms with E-state index >= 15 is 0 Å². The molecular weight excluding hydrogens is 426 g/mol. The summed E-state index contributed by atoms with van der Waals surface area (Å²) in [7, 11) is -1.94. The minimum atomic E-state index is -1.94. The van der Waals surface area contributed by atoms with E-state index in [9.17, 15) is 14.4 Å². The standard InChI is InChI=1S/C23H37N3O5Si/c1-14(11-12-17(24)27)19(23(3,4)5)31-21(29)16-10-9-13-26(16)20(28)18-22(32(6,7)8)30-15(2)25-18/h11-12,14,16,19H,9-10,13H2,1-8H3,(H2,24,27)/b12-11+/t14-,16-,19+/m1/s1. The van der Waals surface area contributed by atoms with E-state index in [-0.39, 0.29) is 17.2 Å². The summed E-state index contributed by atoms with van der Waals surface area (Å²) in [5.41, 5.74) is 5.15. The number of oxazole rings is 1. The number of primary amides is 1. The fraction of sp³-hybridized carbons (Fsp3) is 0.652. The number of rotatable bonds is 7. The molecule has 1 saturated heterocycles. The molecular formula is C23H37N3O5Si. The molecule has 0 radical (unpaired) electrons. The van der Waals surface area contributed by atoms with Crippen molar-refractivity contribution >= 4 is 31.2 Å². The topological polar surface area (TPSA) is 116 Å². The summed E-state index contributed by atoms with van der Waals surface area (Å²) in [5.74, 6) is -1.05. The second kappa shape index (κ2) is 9.60. The minimum absolute atomic E-state index is 0.228. The van der Waals surface area contributed by atoms with Crippen LogP contribution in [0, 0.1) is 18.3 Å². The first-order valence-corrected chi connectivity index (χ1v) is 14.6. The number of carbonyl (C=O) groups excluding carboxylic acids is 3. The molecule has 0 aliphatic carbocycles. The summed E-state index contributed by atoms with van der Waals surface area (Å²) in [6.45, 7) is 16.2. The number of nitrogens with zero attached hydrogens (tertiary/aromatic N) is 2. The van der Waals surface area contributed by atoms with Gasteiger partial charge in [0.1, 0.15) is 25.6 Å². The third-order valence-electron chi connectivity index (χ3n) is 5.54. The van der Waals surface area contributed by atoms with Gasteiger partial charge in [0.25, 0.3) is 5.91 Å². The van der Waals surface area contributed by atoms with Crippen molar-refractivity contribution in [2.75, 3.05) is 6.54 Å². The maximum absolute atomic E-state index is 13.4. The SMILES string of the molecule is Cc1nc(C(=O)N2CCC[C@@H]2C(=O)O[C@@H]([C@H](C)/C=C/C(N)=O)C(C)(C)C)c([Si](C)(C)C)o1. The van der Waals surface area contributed by atoms with Gasteiger partial charge in [-0.3, -0.25) is 9.59 Å². The molecule has 0 aromatic carbocycles. The van der Waals surface area contributed by atoms with Crippen molar-refractivity contribution in [3.05, 3.63) is 23.7 Å². The molecule has 2 heterocycles. The van der Waals surface area contributed by atoms with Gasteiger partial charge in [0.2, 0.25) is 5.91 Å². The predicted octanol–water partition coefficient (Wildman–Crippen LogP) is 2.77. The van der Waals surface area contributed by atoms with E-state index in [1.54, 1.807) is 17.9 Å². The molecule has 1 fully saturated rings. The van der Waals surface area contributed by atoms with Crippen molar-refractivity contribution in [2.45, 2.75) is 79.2 Å². The monoisotopic (exact) mass is 463 g/mol. The molecule has 0 spiro atoms. The first kappa shape index (κ1) is 25.8. The Kier molecular flexibility index (Phi) is 7.75. The molecule has 3 atom stereocenters. The van der Waals surface area contributed by atoms with E-state index in [1.165, 1.54) is 6.08 Å². The van der Waals surface area contributed by atoms with E-state index in [1.807, 2.05) is 27.7 Å². The number of ether oxygens (including phenoxy) is 1. The van der Waals surface area contributed by atoms with E-state index in [0.717, 1.165) is 0 Å². The molecule has 0 unspecified atom stereocenters. The van der Waals surface area contributed by atoms with Gasteiger partial charge < -0.3 is 19.8 Å². The third-order valence-corrected chi connectivity index (χ3v) is 7.24. The third kappa shape index (κ3) is 6.09. The van der Waals surface area contributed by atoms with Gasteiger partial charge in [-0.15, -0.1) is 0 Å². The number of aromatic nitrogens is 1. The fourth-order valence-corrected chi connectivity index (χ4v) is 5.42. The molecule has 178 valence electrons. The van der Waals surface area contributed by atoms with Crippen molar-refractivity contribution < 1.29 is 23.5 Å². The van der Waals surface area contributed by atoms with E-state index in [0.29, 0.717) is 36.4 Å². The Bertz CT molecular complexity index is 894. The van der Waals surface area contributed by atoms with Gasteiger partial charge in [0, 0.05) is 19.4 Å². The lowest BCUT2D eigenvalue weighted by molar-refractivity contribution is -0.162. The lowest BCUT2D eigenvalue weighted by Crippen LogP contribution is -2.48. The van der Waals surface area contributed by atoms with Crippen LogP contribution in [-0.4, -0.2) is 54.4 Å². The predicted molar refractivity (Wildman–Crippen MR) is 125 cm³/mol. The van der Waals surface area contributed by atoms with Crippen LogP contribution in [0.1, 0.15) is 56.9 Å². The number of hydrogen-bond acceptors (Lipinski definition) is 6. The first-order chi connectivity index (χ1) is 14.6. The van der Waals surface area contributed by atoms with Crippen molar-refractivity contribution in [3.8, 4) is 0 Å². The number of hydrogen-bond donors (Lipinski definition) is 1. The van der Waals surface area contributed by atoms with Crippen LogP contribution in [0.2, 0.25) is 19.6 Å². The molecule has 9 heteroatoms. The van der Waals surface area contributed by atoms with Gasteiger partial charge in [-0.25, -0.2) is 9.78 Å². The maximum Gasteiger partial charge on any atom is 0.329 e. The molecule has 2 amide bonds. The molecule has 0 bridgehead atoms. The van der Waals surface area contributed by atoms with Crippen molar-refractivity contribution in [1.82, 2.24) is 9.88 Å². The summed E-state index contributed by atoms with van der Waals surface area (Å²) >= 11 is 0. The Labute approximate surface area is 191 Å². The number of nitrogens with two attached hydrogens (primary N) is 1. The van der Waals surface area contributed by atoms with Crippen LogP contribution in [0.15, 0.2) is 16.6 Å². The van der Waals surface area contributed by atoms with Crippen LogP contribution in [0.25, 0.3) is 0 Å². The average Bonchev–Trinajstić information content (AvgIpc) is 3.29. The van der Waals surface area contributed by atoms with Crippen LogP contribution >= 0.6 is 0 Å². The summed E-state index contributed by atoms with van der Waals surface area (Å²) in [6.07, 6.45) is 3.69. The Hall–Kier alpha value is -2.42. The lowest BCUT2D eigenvalue weighted by Gasteiger charge is -2.35. The average molecular weight is 464 g/mol. The van der Waals surface area contributed by atoms with Crippen molar-refractivity contribution in [1.29, 1.82) is 0 Å². The number of likely N-dealkylation sites (tertiary alicyclic amines) is 1. The normalized spacial score (nSPS) is 19.2. The van der Waals surface area contributed by atoms with Gasteiger partial charge in [0.05, 0.1) is 0 Å². The number of amides is 2. The molecule has 32 heavy (non-hydrogen) atoms. The zero-order valence-electron chi connectivity index (χ0n) is 20.5. The fourth-order valence-electron chi connectivity index (χ4n) is 4.10. The Balaban J connectivity index is 2.26. The van der Waals surface area contributed by atoms with Crippen molar-refractivity contribution in [3.63, 3.8) is 0 Å². The van der Waals surface area contributed by atoms with Crippen LogP contribution < -0.4 is 11.1 Å². The smallest absolute Gasteiger partial charge is 0.329 e. The minimum Gasteiger partial charge on any atom is -0.460 e. The zero-order chi connectivity index (χ0) is 24.4. The summed E-state index contributed by atoms with van der Waals surface area (Å²) < 4.78 is 11.7. The number of esters is 1. The molecule has 1 aliphatic heterocycles. The highest BCUT2D eigenvalue weighted by atomic mass is 28.3. The van der Waals surface area contributed by atoms with E-state index < -0.39 is 32.1 Å². The highest BCUT2D eigenvalue weighted by Gasteiger charge is 2.42. The Morgan fingerprint density at radius 1 is 1.28 bits per heavy atom. The molecule has 1 aromatic heterocycles. The lowest BCUT2D eigenvalue weighted by atomic mass is 9.81. The van der Waals surface area contributed by atoms with Crippen LogP contribution in [-0.2, 0) is 14.3 Å². The summed E-state index contributed by atoms with van der Waals surface area (Å²) in [4.78, 5) is 43.7. The zero-order valence-corrected chi connectivity index (χ0v) is 21.5. The van der Waals surface area contributed by atoms with Gasteiger partial charge in [-0.1, -0.05) is 53.4 Å². The van der Waals surface area contributed by atoms with Gasteiger partial charge in [0.15, 0.2) is 11.6 Å². The molecule has 8 nitrogen and oxygen atoms in total. The molecule has 0 saturated carbocycles. The van der Waals surface area contributed by atoms with Crippen LogP contribution in [0.3, 0.4) is 0 Å². The Morgan fingerprint density at radius 2 is 1.91 bits per heavy atom. The van der Waals surface area contributed by atoms with Gasteiger partial charge >= 0.3 is 5.97 Å². The first-order valence-electron chi connectivity index (χ1n) is 11.1. The van der Waals surface area contributed by atoms with Crippen molar-refractivity contribution in [2.24, 2.45) is 17.1 Å². The van der Waals surface area contributed by atoms with Crippen LogP contribution in [0.4, 0.5) is 0 Å². The molecule has 1 aromatic rings. The van der Waals surface area contributed by atoms with Gasteiger partial charge in [-0.2, -0.15) is 0 Å².